The zero-order valence-electron chi connectivity index (χ0n) is 20.5. The maximum Gasteiger partial charge on any atom is 0.340 e. The van der Waals surface area contributed by atoms with Crippen LogP contribution in [0.25, 0.3) is 6.08 Å². The zero-order chi connectivity index (χ0) is 28.3. The van der Waals surface area contributed by atoms with Crippen LogP contribution >= 0.6 is 34.8 Å². The van der Waals surface area contributed by atoms with Crippen molar-refractivity contribution in [3.63, 3.8) is 0 Å². The van der Waals surface area contributed by atoms with Gasteiger partial charge in [0.2, 0.25) is 0 Å². The molecule has 39 heavy (non-hydrogen) atoms. The molecule has 0 spiro atoms. The van der Waals surface area contributed by atoms with E-state index in [0.717, 1.165) is 0 Å². The number of nitrogens with zero attached hydrogens (tertiary/aromatic N) is 1. The first-order chi connectivity index (χ1) is 18.6. The Morgan fingerprint density at radius 1 is 0.949 bits per heavy atom. The molecule has 1 aromatic heterocycles. The molecule has 0 aliphatic carbocycles. The number of amides is 3. The number of benzene rings is 2. The van der Waals surface area contributed by atoms with E-state index in [2.05, 4.69) is 10.6 Å². The predicted octanol–water partition coefficient (Wildman–Crippen LogP) is 5.37. The lowest BCUT2D eigenvalue weighted by atomic mass is 10.1. The summed E-state index contributed by atoms with van der Waals surface area (Å²) in [6, 6.07) is 14.1. The molecule has 4 rings (SSSR count). The van der Waals surface area contributed by atoms with E-state index in [1.165, 1.54) is 36.3 Å². The van der Waals surface area contributed by atoms with Gasteiger partial charge in [-0.15, -0.1) is 0 Å². The monoisotopic (exact) mass is 587 g/mol. The van der Waals surface area contributed by atoms with E-state index in [-0.39, 0.29) is 29.1 Å². The van der Waals surface area contributed by atoms with Gasteiger partial charge in [-0.05, 0) is 67.6 Å². The van der Waals surface area contributed by atoms with Crippen molar-refractivity contribution in [1.82, 2.24) is 5.32 Å². The minimum absolute atomic E-state index is 0.0683. The first kappa shape index (κ1) is 28.0. The van der Waals surface area contributed by atoms with Crippen LogP contribution in [-0.4, -0.2) is 30.8 Å². The summed E-state index contributed by atoms with van der Waals surface area (Å²) in [5, 5.41) is 5.94. The fraction of sp³-hybridized carbons (Fsp3) is 0.111. The van der Waals surface area contributed by atoms with Crippen molar-refractivity contribution in [3.05, 3.63) is 98.0 Å². The second-order valence-corrected chi connectivity index (χ2v) is 9.54. The number of furan rings is 1. The van der Waals surface area contributed by atoms with Crippen molar-refractivity contribution in [2.24, 2.45) is 0 Å². The Labute approximate surface area is 237 Å². The average Bonchev–Trinajstić information content (AvgIpc) is 3.43. The highest BCUT2D eigenvalue weighted by Gasteiger charge is 2.38. The topological polar surface area (TPSA) is 118 Å². The van der Waals surface area contributed by atoms with Crippen LogP contribution < -0.4 is 15.5 Å². The first-order valence-electron chi connectivity index (χ1n) is 11.3. The molecule has 0 fully saturated rings. The Morgan fingerprint density at radius 2 is 1.62 bits per heavy atom. The number of hydrogen-bond donors (Lipinski definition) is 2. The largest absolute Gasteiger partial charge is 0.465 e. The van der Waals surface area contributed by atoms with Crippen molar-refractivity contribution in [2.75, 3.05) is 17.3 Å². The maximum absolute atomic E-state index is 13.3. The minimum Gasteiger partial charge on any atom is -0.465 e. The molecule has 1 aliphatic heterocycles. The van der Waals surface area contributed by atoms with E-state index in [9.17, 15) is 19.2 Å². The fourth-order valence-corrected chi connectivity index (χ4v) is 4.50. The molecule has 3 amide bonds. The Kier molecular flexibility index (Phi) is 8.44. The van der Waals surface area contributed by atoms with Gasteiger partial charge in [-0.2, -0.15) is 0 Å². The van der Waals surface area contributed by atoms with Gasteiger partial charge in [-0.25, -0.2) is 4.79 Å². The van der Waals surface area contributed by atoms with Crippen LogP contribution in [0.15, 0.2) is 75.9 Å². The lowest BCUT2D eigenvalue weighted by Crippen LogP contribution is -2.34. The summed E-state index contributed by atoms with van der Waals surface area (Å²) in [6.45, 7) is 1.51. The molecule has 1 aliphatic rings. The van der Waals surface area contributed by atoms with Crippen molar-refractivity contribution in [3.8, 4) is 0 Å². The van der Waals surface area contributed by atoms with E-state index in [1.54, 1.807) is 43.3 Å². The number of allylic oxidation sites excluding steroid dienone is 1. The number of methoxy groups -OCH3 is 1. The van der Waals surface area contributed by atoms with Gasteiger partial charge < -0.3 is 19.8 Å². The highest BCUT2D eigenvalue weighted by molar-refractivity contribution is 6.40. The normalized spacial score (nSPS) is 14.1. The molecular formula is C27H20Cl3N3O6. The molecule has 0 saturated carbocycles. The predicted molar refractivity (Wildman–Crippen MR) is 147 cm³/mol. The number of halogens is 3. The molecule has 12 heteroatoms. The highest BCUT2D eigenvalue weighted by Crippen LogP contribution is 2.36. The third kappa shape index (κ3) is 6.34. The number of carbonyl (C=O) groups excluding carboxylic acids is 4. The van der Waals surface area contributed by atoms with Gasteiger partial charge in [0.1, 0.15) is 11.5 Å². The molecule has 0 atom stereocenters. The molecule has 3 aromatic rings. The summed E-state index contributed by atoms with van der Waals surface area (Å²) < 4.78 is 10.6. The fourth-order valence-electron chi connectivity index (χ4n) is 3.85. The molecule has 0 saturated heterocycles. The third-order valence-electron chi connectivity index (χ3n) is 5.59. The number of anilines is 2. The molecule has 0 radical (unpaired) electrons. The van der Waals surface area contributed by atoms with E-state index in [1.807, 2.05) is 0 Å². The summed E-state index contributed by atoms with van der Waals surface area (Å²) in [5.74, 6) is -2.45. The number of rotatable bonds is 6. The van der Waals surface area contributed by atoms with Crippen LogP contribution in [0.1, 0.15) is 18.4 Å². The van der Waals surface area contributed by atoms with Gasteiger partial charge >= 0.3 is 17.8 Å². The Hall–Kier alpha value is -4.05. The molecular weight excluding hydrogens is 569 g/mol. The zero-order valence-corrected chi connectivity index (χ0v) is 22.8. The van der Waals surface area contributed by atoms with Crippen molar-refractivity contribution in [1.29, 1.82) is 0 Å². The summed E-state index contributed by atoms with van der Waals surface area (Å²) >= 11 is 17.8. The summed E-state index contributed by atoms with van der Waals surface area (Å²) in [7, 11) is 1.22. The van der Waals surface area contributed by atoms with Crippen LogP contribution in [0.5, 0.6) is 0 Å². The lowest BCUT2D eigenvalue weighted by molar-refractivity contribution is -0.136. The number of carbonyl (C=O) groups is 4. The first-order valence-corrected chi connectivity index (χ1v) is 12.5. The smallest absolute Gasteiger partial charge is 0.340 e. The van der Waals surface area contributed by atoms with Gasteiger partial charge in [-0.3, -0.25) is 19.3 Å². The molecule has 9 nitrogen and oxygen atoms in total. The van der Waals surface area contributed by atoms with Crippen molar-refractivity contribution < 1.29 is 28.3 Å². The molecule has 200 valence electrons. The number of esters is 1. The molecule has 2 heterocycles. The van der Waals surface area contributed by atoms with Crippen molar-refractivity contribution >= 4 is 75.9 Å². The van der Waals surface area contributed by atoms with E-state index in [0.29, 0.717) is 32.2 Å². The minimum atomic E-state index is -0.926. The van der Waals surface area contributed by atoms with Gasteiger partial charge in [-0.1, -0.05) is 34.8 Å². The molecule has 2 N–H and O–H groups in total. The molecule has 0 bridgehead atoms. The van der Waals surface area contributed by atoms with Gasteiger partial charge in [0.05, 0.1) is 24.8 Å². The van der Waals surface area contributed by atoms with E-state index in [4.69, 9.17) is 44.0 Å². The second-order valence-electron chi connectivity index (χ2n) is 8.23. The van der Waals surface area contributed by atoms with Crippen LogP contribution in [0.4, 0.5) is 11.4 Å². The number of ether oxygens (including phenoxy) is 1. The maximum atomic E-state index is 13.3. The summed E-state index contributed by atoms with van der Waals surface area (Å²) in [4.78, 5) is 51.7. The van der Waals surface area contributed by atoms with Crippen LogP contribution in [0, 0.1) is 0 Å². The standard InChI is InChI=1S/C27H20Cl3N3O6/c1-14-23(27(37)38-2)22(26(36)33(14)19-5-3-15(28)4-6-19)12-20-7-8-21(39-20)13-31-24(34)25(35)32-18-10-16(29)9-17(30)11-18/h3-12H,13H2,1-2H3,(H,31,34)(H,32,35)/b22-12+. The third-order valence-corrected chi connectivity index (χ3v) is 6.28. The van der Waals surface area contributed by atoms with Crippen LogP contribution in [0.3, 0.4) is 0 Å². The van der Waals surface area contributed by atoms with Gasteiger partial charge in [0, 0.05) is 32.1 Å². The van der Waals surface area contributed by atoms with Crippen LogP contribution in [-0.2, 0) is 30.5 Å². The second kappa shape index (κ2) is 11.8. The Bertz CT molecular complexity index is 1520. The van der Waals surface area contributed by atoms with E-state index < -0.39 is 23.7 Å². The summed E-state index contributed by atoms with van der Waals surface area (Å²) in [6.07, 6.45) is 1.41. The van der Waals surface area contributed by atoms with Gasteiger partial charge in [0.15, 0.2) is 0 Å². The van der Waals surface area contributed by atoms with Crippen LogP contribution in [0.2, 0.25) is 15.1 Å². The lowest BCUT2D eigenvalue weighted by Gasteiger charge is -2.17. The van der Waals surface area contributed by atoms with E-state index >= 15 is 0 Å². The molecule has 2 aromatic carbocycles. The van der Waals surface area contributed by atoms with Crippen molar-refractivity contribution in [2.45, 2.75) is 13.5 Å². The number of hydrogen-bond acceptors (Lipinski definition) is 6. The Balaban J connectivity index is 1.48. The molecule has 0 unspecified atom stereocenters. The average molecular weight is 589 g/mol. The highest BCUT2D eigenvalue weighted by atomic mass is 35.5. The van der Waals surface area contributed by atoms with Gasteiger partial charge in [0.25, 0.3) is 5.91 Å². The quantitative estimate of drug-likeness (QED) is 0.227. The SMILES string of the molecule is COC(=O)C1=C(C)N(c2ccc(Cl)cc2)C(=O)/C1=C/c1ccc(CNC(=O)C(=O)Nc2cc(Cl)cc(Cl)c2)o1. The number of nitrogens with one attached hydrogen (secondary N) is 2. The summed E-state index contributed by atoms with van der Waals surface area (Å²) in [5.41, 5.74) is 1.32. The Morgan fingerprint density at radius 3 is 2.26 bits per heavy atom.